The third kappa shape index (κ3) is 3.37. The van der Waals surface area contributed by atoms with Crippen LogP contribution < -0.4 is 10.1 Å². The van der Waals surface area contributed by atoms with Crippen molar-refractivity contribution in [3.63, 3.8) is 0 Å². The molecule has 0 saturated carbocycles. The molecule has 9 heteroatoms. The summed E-state index contributed by atoms with van der Waals surface area (Å²) in [5.41, 5.74) is 1.21. The Morgan fingerprint density at radius 3 is 2.79 bits per heavy atom. The number of ether oxygens (including phenoxy) is 5. The molecule has 3 saturated heterocycles. The molecular formula is C25H33IN2O6. The Morgan fingerprint density at radius 2 is 2.09 bits per heavy atom. The van der Waals surface area contributed by atoms with E-state index in [9.17, 15) is 4.79 Å². The van der Waals surface area contributed by atoms with Gasteiger partial charge in [-0.15, -0.1) is 0 Å². The normalized spacial score (nSPS) is 34.7. The minimum absolute atomic E-state index is 0.00553. The summed E-state index contributed by atoms with van der Waals surface area (Å²) >= 11 is 2.32. The Labute approximate surface area is 214 Å². The van der Waals surface area contributed by atoms with Gasteiger partial charge in [-0.2, -0.15) is 0 Å². The lowest BCUT2D eigenvalue weighted by atomic mass is 9.67. The highest BCUT2D eigenvalue weighted by Gasteiger charge is 2.70. The number of carbonyl (C=O) groups excluding carboxylic acids is 1. The van der Waals surface area contributed by atoms with Crippen LogP contribution >= 0.6 is 22.6 Å². The largest absolute Gasteiger partial charge is 0.504 e. The smallest absolute Gasteiger partial charge is 0.337 e. The van der Waals surface area contributed by atoms with Crippen molar-refractivity contribution < 1.29 is 28.5 Å². The first-order chi connectivity index (χ1) is 16.4. The Kier molecular flexibility index (Phi) is 6.50. The molecule has 0 aromatic heterocycles. The van der Waals surface area contributed by atoms with Crippen LogP contribution in [0.2, 0.25) is 0 Å². The molecule has 4 aliphatic rings. The number of nitrogens with one attached hydrogen (secondary N) is 1. The molecule has 1 N–H and O–H groups in total. The number of piperidine rings is 2. The van der Waals surface area contributed by atoms with Gasteiger partial charge in [-0.05, 0) is 59.4 Å². The van der Waals surface area contributed by atoms with Crippen molar-refractivity contribution in [2.75, 3.05) is 52.9 Å². The molecule has 186 valence electrons. The van der Waals surface area contributed by atoms with Crippen molar-refractivity contribution in [1.82, 2.24) is 4.90 Å². The zero-order valence-corrected chi connectivity index (χ0v) is 22.3. The van der Waals surface area contributed by atoms with Crippen molar-refractivity contribution in [2.24, 2.45) is 11.8 Å². The van der Waals surface area contributed by atoms with Crippen molar-refractivity contribution in [3.05, 3.63) is 33.1 Å². The fraction of sp³-hybridized carbons (Fsp3) is 0.640. The molecule has 0 unspecified atom stereocenters. The van der Waals surface area contributed by atoms with Crippen LogP contribution in [0, 0.1) is 15.4 Å². The first-order valence-electron chi connectivity index (χ1n) is 11.9. The summed E-state index contributed by atoms with van der Waals surface area (Å²) in [6.45, 7) is 4.98. The maximum atomic E-state index is 12.8. The fourth-order valence-electron chi connectivity index (χ4n) is 6.76. The van der Waals surface area contributed by atoms with Crippen LogP contribution in [-0.2, 0) is 29.3 Å². The monoisotopic (exact) mass is 584 g/mol. The molecule has 0 bridgehead atoms. The van der Waals surface area contributed by atoms with Gasteiger partial charge in [0.15, 0.2) is 5.72 Å². The van der Waals surface area contributed by atoms with Crippen LogP contribution in [-0.4, -0.2) is 70.3 Å². The molecule has 34 heavy (non-hydrogen) atoms. The number of hydrogen-bond acceptors (Lipinski definition) is 8. The quantitative estimate of drug-likeness (QED) is 0.244. The number of rotatable bonds is 5. The van der Waals surface area contributed by atoms with Gasteiger partial charge in [0.1, 0.15) is 11.4 Å². The first kappa shape index (κ1) is 24.1. The molecule has 1 aromatic carbocycles. The first-order valence-corrected chi connectivity index (χ1v) is 13.0. The Morgan fingerprint density at radius 1 is 1.29 bits per heavy atom. The van der Waals surface area contributed by atoms with E-state index in [1.54, 1.807) is 20.5 Å². The third-order valence-electron chi connectivity index (χ3n) is 8.14. The number of nitrogens with zero attached hydrogens (tertiary/aromatic N) is 1. The number of halogens is 1. The van der Waals surface area contributed by atoms with Crippen molar-refractivity contribution in [3.8, 4) is 5.75 Å². The summed E-state index contributed by atoms with van der Waals surface area (Å²) < 4.78 is 30.8. The van der Waals surface area contributed by atoms with E-state index in [2.05, 4.69) is 51.9 Å². The highest BCUT2D eigenvalue weighted by molar-refractivity contribution is 14.1. The summed E-state index contributed by atoms with van der Waals surface area (Å²) in [6.07, 6.45) is 4.05. The predicted molar refractivity (Wildman–Crippen MR) is 135 cm³/mol. The lowest BCUT2D eigenvalue weighted by molar-refractivity contribution is -0.297. The number of benzene rings is 1. The SMILES string of the molecule is CC[C@@H]1CN2CC[C@@]34OCCO[C@@]3(Nc3cc(I)cc(OC)c34)[C@@H]2C[C@@H]1/C(=C\OC)C(=O)OC. The molecule has 1 aromatic rings. The topological polar surface area (TPSA) is 78.5 Å². The second kappa shape index (κ2) is 9.15. The van der Waals surface area contributed by atoms with Gasteiger partial charge < -0.3 is 29.0 Å². The van der Waals surface area contributed by atoms with Crippen molar-refractivity contribution in [2.45, 2.75) is 43.6 Å². The summed E-state index contributed by atoms with van der Waals surface area (Å²) in [6, 6.07) is 4.20. The van der Waals surface area contributed by atoms with E-state index >= 15 is 0 Å². The molecule has 3 fully saturated rings. The standard InChI is InChI=1S/C25H33IN2O6/c1-5-15-13-28-7-6-24-22-19(10-16(26)11-20(22)31-3)27-25(24,34-9-8-33-24)21(28)12-17(15)18(14-30-2)23(29)32-4/h10-11,14-15,17,21,27H,5-9,12-13H2,1-4H3/b18-14+/t15-,17+,21+,24+,25+/m1/s1. The average molecular weight is 584 g/mol. The lowest BCUT2D eigenvalue weighted by Crippen LogP contribution is -2.75. The third-order valence-corrected chi connectivity index (χ3v) is 8.76. The number of hydrogen-bond donors (Lipinski definition) is 1. The zero-order chi connectivity index (χ0) is 24.1. The molecule has 4 aliphatic heterocycles. The molecule has 0 spiro atoms. The average Bonchev–Trinajstić information content (AvgIpc) is 3.16. The second-order valence-corrected chi connectivity index (χ2v) is 10.7. The molecule has 0 aliphatic carbocycles. The zero-order valence-electron chi connectivity index (χ0n) is 20.2. The van der Waals surface area contributed by atoms with Crippen LogP contribution in [0.4, 0.5) is 5.69 Å². The number of fused-ring (bicyclic) bond motifs is 2. The van der Waals surface area contributed by atoms with Gasteiger partial charge in [0.2, 0.25) is 0 Å². The van der Waals surface area contributed by atoms with E-state index in [0.29, 0.717) is 24.7 Å². The van der Waals surface area contributed by atoms with E-state index in [0.717, 1.165) is 52.9 Å². The highest BCUT2D eigenvalue weighted by Crippen LogP contribution is 2.61. The van der Waals surface area contributed by atoms with Crippen LogP contribution in [0.25, 0.3) is 0 Å². The van der Waals surface area contributed by atoms with Gasteiger partial charge in [-0.3, -0.25) is 4.90 Å². The second-order valence-electron chi connectivity index (χ2n) is 9.49. The summed E-state index contributed by atoms with van der Waals surface area (Å²) in [5, 5.41) is 3.78. The van der Waals surface area contributed by atoms with E-state index in [1.165, 1.54) is 7.11 Å². The highest BCUT2D eigenvalue weighted by atomic mass is 127. The minimum Gasteiger partial charge on any atom is -0.504 e. The van der Waals surface area contributed by atoms with Gasteiger partial charge in [0.05, 0.1) is 58.0 Å². The number of carbonyl (C=O) groups is 1. The molecule has 5 rings (SSSR count). The minimum atomic E-state index is -0.769. The molecule has 0 amide bonds. The Balaban J connectivity index is 1.61. The molecule has 8 nitrogen and oxygen atoms in total. The van der Waals surface area contributed by atoms with E-state index in [4.69, 9.17) is 23.7 Å². The van der Waals surface area contributed by atoms with Gasteiger partial charge in [-0.25, -0.2) is 4.79 Å². The van der Waals surface area contributed by atoms with E-state index < -0.39 is 11.3 Å². The van der Waals surface area contributed by atoms with Gasteiger partial charge in [0.25, 0.3) is 0 Å². The maximum absolute atomic E-state index is 12.8. The van der Waals surface area contributed by atoms with E-state index in [1.807, 2.05) is 0 Å². The van der Waals surface area contributed by atoms with Crippen LogP contribution in [0.1, 0.15) is 31.7 Å². The molecule has 0 radical (unpaired) electrons. The van der Waals surface area contributed by atoms with Crippen LogP contribution in [0.5, 0.6) is 5.75 Å². The summed E-state index contributed by atoms with van der Waals surface area (Å²) in [7, 11) is 4.71. The summed E-state index contributed by atoms with van der Waals surface area (Å²) in [4.78, 5) is 15.3. The Bertz CT molecular complexity index is 1000. The van der Waals surface area contributed by atoms with Gasteiger partial charge in [-0.1, -0.05) is 13.3 Å². The van der Waals surface area contributed by atoms with Crippen LogP contribution in [0.3, 0.4) is 0 Å². The maximum Gasteiger partial charge on any atom is 0.337 e. The lowest BCUT2D eigenvalue weighted by Gasteiger charge is -2.61. The van der Waals surface area contributed by atoms with Gasteiger partial charge in [0, 0.05) is 22.3 Å². The van der Waals surface area contributed by atoms with Crippen molar-refractivity contribution in [1.29, 1.82) is 0 Å². The number of methoxy groups -OCH3 is 3. The summed E-state index contributed by atoms with van der Waals surface area (Å²) in [5.74, 6) is 0.785. The molecular weight excluding hydrogens is 551 g/mol. The Hall–Kier alpha value is -1.56. The fourth-order valence-corrected chi connectivity index (χ4v) is 7.36. The number of esters is 1. The van der Waals surface area contributed by atoms with Crippen LogP contribution in [0.15, 0.2) is 24.0 Å². The molecule has 4 heterocycles. The molecule has 5 atom stereocenters. The predicted octanol–water partition coefficient (Wildman–Crippen LogP) is 3.49. The van der Waals surface area contributed by atoms with Crippen molar-refractivity contribution >= 4 is 34.2 Å². The number of anilines is 1. The van der Waals surface area contributed by atoms with E-state index in [-0.39, 0.29) is 17.9 Å². The van der Waals surface area contributed by atoms with Gasteiger partial charge >= 0.3 is 5.97 Å².